The first kappa shape index (κ1) is 14.2. The second kappa shape index (κ2) is 6.79. The standard InChI is InChI=1S/C14H19NO3/c1-4-11-5-7-12(8-6-11)14(17)15-10(2)9-13(16)18-3/h5-8,10H,4,9H2,1-3H3,(H,15,17). The molecular formula is C14H19NO3. The lowest BCUT2D eigenvalue weighted by Crippen LogP contribution is -2.34. The van der Waals surface area contributed by atoms with E-state index in [1.807, 2.05) is 12.1 Å². The van der Waals surface area contributed by atoms with Gasteiger partial charge in [0.15, 0.2) is 0 Å². The first-order chi connectivity index (χ1) is 8.56. The number of carbonyl (C=O) groups excluding carboxylic acids is 2. The maximum atomic E-state index is 11.9. The van der Waals surface area contributed by atoms with Crippen molar-refractivity contribution in [1.29, 1.82) is 0 Å². The van der Waals surface area contributed by atoms with Gasteiger partial charge in [-0.15, -0.1) is 0 Å². The Kier molecular flexibility index (Phi) is 5.36. The Balaban J connectivity index is 2.56. The van der Waals surface area contributed by atoms with Crippen LogP contribution in [0.2, 0.25) is 0 Å². The second-order valence-electron chi connectivity index (χ2n) is 4.21. The molecule has 0 spiro atoms. The fraction of sp³-hybridized carbons (Fsp3) is 0.429. The molecule has 0 aliphatic carbocycles. The van der Waals surface area contributed by atoms with Gasteiger partial charge in [0, 0.05) is 11.6 Å². The molecule has 4 heteroatoms. The summed E-state index contributed by atoms with van der Waals surface area (Å²) in [6.45, 7) is 3.84. The van der Waals surface area contributed by atoms with Gasteiger partial charge in [-0.1, -0.05) is 19.1 Å². The molecule has 0 heterocycles. The largest absolute Gasteiger partial charge is 0.469 e. The van der Waals surface area contributed by atoms with Crippen molar-refractivity contribution in [3.05, 3.63) is 35.4 Å². The number of rotatable bonds is 5. The molecule has 1 aromatic rings. The van der Waals surface area contributed by atoms with Crippen molar-refractivity contribution in [3.63, 3.8) is 0 Å². The molecule has 1 rings (SSSR count). The summed E-state index contributed by atoms with van der Waals surface area (Å²) in [7, 11) is 1.33. The van der Waals surface area contributed by atoms with Crippen LogP contribution in [0.15, 0.2) is 24.3 Å². The molecule has 1 aromatic carbocycles. The van der Waals surface area contributed by atoms with Crippen LogP contribution in [-0.2, 0) is 16.0 Å². The predicted molar refractivity (Wildman–Crippen MR) is 69.4 cm³/mol. The molecular weight excluding hydrogens is 230 g/mol. The molecule has 0 radical (unpaired) electrons. The molecule has 4 nitrogen and oxygen atoms in total. The van der Waals surface area contributed by atoms with E-state index in [-0.39, 0.29) is 24.3 Å². The number of aryl methyl sites for hydroxylation is 1. The Morgan fingerprint density at radius 2 is 1.89 bits per heavy atom. The van der Waals surface area contributed by atoms with Gasteiger partial charge in [0.2, 0.25) is 0 Å². The average molecular weight is 249 g/mol. The monoisotopic (exact) mass is 249 g/mol. The molecule has 1 N–H and O–H groups in total. The van der Waals surface area contributed by atoms with Gasteiger partial charge >= 0.3 is 5.97 Å². The number of hydrogen-bond acceptors (Lipinski definition) is 3. The smallest absolute Gasteiger partial charge is 0.307 e. The van der Waals surface area contributed by atoms with Crippen LogP contribution in [0.5, 0.6) is 0 Å². The molecule has 18 heavy (non-hydrogen) atoms. The van der Waals surface area contributed by atoms with Gasteiger partial charge in [-0.25, -0.2) is 0 Å². The Hall–Kier alpha value is -1.84. The zero-order chi connectivity index (χ0) is 13.5. The summed E-state index contributed by atoms with van der Waals surface area (Å²) < 4.78 is 4.55. The number of esters is 1. The van der Waals surface area contributed by atoms with Crippen molar-refractivity contribution in [2.45, 2.75) is 32.7 Å². The van der Waals surface area contributed by atoms with E-state index in [0.717, 1.165) is 6.42 Å². The Morgan fingerprint density at radius 1 is 1.28 bits per heavy atom. The van der Waals surface area contributed by atoms with E-state index < -0.39 is 0 Å². The first-order valence-corrected chi connectivity index (χ1v) is 6.03. The molecule has 0 aliphatic rings. The molecule has 0 bridgehead atoms. The van der Waals surface area contributed by atoms with E-state index in [0.29, 0.717) is 5.56 Å². The van der Waals surface area contributed by atoms with Crippen LogP contribution in [0.3, 0.4) is 0 Å². The quantitative estimate of drug-likeness (QED) is 0.811. The normalized spacial score (nSPS) is 11.7. The number of amides is 1. The minimum atomic E-state index is -0.330. The highest BCUT2D eigenvalue weighted by Gasteiger charge is 2.13. The number of methoxy groups -OCH3 is 1. The Morgan fingerprint density at radius 3 is 2.39 bits per heavy atom. The van der Waals surface area contributed by atoms with Crippen LogP contribution < -0.4 is 5.32 Å². The third-order valence-electron chi connectivity index (χ3n) is 2.70. The number of ether oxygens (including phenoxy) is 1. The molecule has 0 saturated heterocycles. The van der Waals surface area contributed by atoms with Gasteiger partial charge in [0.25, 0.3) is 5.91 Å². The van der Waals surface area contributed by atoms with Gasteiger partial charge in [0.1, 0.15) is 0 Å². The van der Waals surface area contributed by atoms with Crippen LogP contribution >= 0.6 is 0 Å². The summed E-state index contributed by atoms with van der Waals surface area (Å²) in [5.74, 6) is -0.502. The minimum absolute atomic E-state index is 0.172. The van der Waals surface area contributed by atoms with E-state index in [4.69, 9.17) is 0 Å². The highest BCUT2D eigenvalue weighted by molar-refractivity contribution is 5.94. The van der Waals surface area contributed by atoms with Gasteiger partial charge in [-0.3, -0.25) is 9.59 Å². The molecule has 0 aromatic heterocycles. The number of carbonyl (C=O) groups is 2. The topological polar surface area (TPSA) is 55.4 Å². The Labute approximate surface area is 107 Å². The number of hydrogen-bond donors (Lipinski definition) is 1. The van der Waals surface area contributed by atoms with Crippen molar-refractivity contribution in [2.24, 2.45) is 0 Å². The summed E-state index contributed by atoms with van der Waals surface area (Å²) in [5, 5.41) is 2.76. The first-order valence-electron chi connectivity index (χ1n) is 6.03. The summed E-state index contributed by atoms with van der Waals surface area (Å²) >= 11 is 0. The number of nitrogens with one attached hydrogen (secondary N) is 1. The van der Waals surface area contributed by atoms with Crippen molar-refractivity contribution in [3.8, 4) is 0 Å². The van der Waals surface area contributed by atoms with E-state index in [1.165, 1.54) is 12.7 Å². The minimum Gasteiger partial charge on any atom is -0.469 e. The maximum absolute atomic E-state index is 11.9. The van der Waals surface area contributed by atoms with Crippen LogP contribution in [0.4, 0.5) is 0 Å². The fourth-order valence-corrected chi connectivity index (χ4v) is 1.58. The molecule has 1 unspecified atom stereocenters. The van der Waals surface area contributed by atoms with Crippen LogP contribution in [0, 0.1) is 0 Å². The van der Waals surface area contributed by atoms with Crippen molar-refractivity contribution in [1.82, 2.24) is 5.32 Å². The molecule has 0 saturated carbocycles. The van der Waals surface area contributed by atoms with Crippen molar-refractivity contribution < 1.29 is 14.3 Å². The van der Waals surface area contributed by atoms with Gasteiger partial charge < -0.3 is 10.1 Å². The van der Waals surface area contributed by atoms with Gasteiger partial charge in [0.05, 0.1) is 13.5 Å². The lowest BCUT2D eigenvalue weighted by molar-refractivity contribution is -0.141. The third-order valence-corrected chi connectivity index (χ3v) is 2.70. The molecule has 0 aliphatic heterocycles. The maximum Gasteiger partial charge on any atom is 0.307 e. The van der Waals surface area contributed by atoms with E-state index in [9.17, 15) is 9.59 Å². The lowest BCUT2D eigenvalue weighted by Gasteiger charge is -2.12. The van der Waals surface area contributed by atoms with E-state index in [2.05, 4.69) is 17.0 Å². The SMILES string of the molecule is CCc1ccc(C(=O)NC(C)CC(=O)OC)cc1. The molecule has 0 fully saturated rings. The molecule has 1 amide bonds. The average Bonchev–Trinajstić information content (AvgIpc) is 2.38. The number of benzene rings is 1. The van der Waals surface area contributed by atoms with E-state index >= 15 is 0 Å². The predicted octanol–water partition coefficient (Wildman–Crippen LogP) is 1.93. The van der Waals surface area contributed by atoms with E-state index in [1.54, 1.807) is 19.1 Å². The second-order valence-corrected chi connectivity index (χ2v) is 4.21. The Bertz CT molecular complexity index is 412. The highest BCUT2D eigenvalue weighted by atomic mass is 16.5. The van der Waals surface area contributed by atoms with Crippen molar-refractivity contribution in [2.75, 3.05) is 7.11 Å². The summed E-state index contributed by atoms with van der Waals surface area (Å²) in [6.07, 6.45) is 1.12. The van der Waals surface area contributed by atoms with Gasteiger partial charge in [-0.05, 0) is 31.0 Å². The zero-order valence-corrected chi connectivity index (χ0v) is 11.0. The zero-order valence-electron chi connectivity index (χ0n) is 11.0. The highest BCUT2D eigenvalue weighted by Crippen LogP contribution is 2.05. The summed E-state index contributed by atoms with van der Waals surface area (Å²) in [6, 6.07) is 7.20. The van der Waals surface area contributed by atoms with Crippen LogP contribution in [0.25, 0.3) is 0 Å². The molecule has 1 atom stereocenters. The van der Waals surface area contributed by atoms with Gasteiger partial charge in [-0.2, -0.15) is 0 Å². The van der Waals surface area contributed by atoms with Crippen molar-refractivity contribution >= 4 is 11.9 Å². The van der Waals surface area contributed by atoms with Crippen LogP contribution in [0.1, 0.15) is 36.2 Å². The third kappa shape index (κ3) is 4.20. The van der Waals surface area contributed by atoms with Crippen LogP contribution in [-0.4, -0.2) is 25.0 Å². The lowest BCUT2D eigenvalue weighted by atomic mass is 10.1. The molecule has 98 valence electrons. The summed E-state index contributed by atoms with van der Waals surface area (Å²) in [4.78, 5) is 22.9. The fourth-order valence-electron chi connectivity index (χ4n) is 1.58. The summed E-state index contributed by atoms with van der Waals surface area (Å²) in [5.41, 5.74) is 1.79.